The van der Waals surface area contributed by atoms with Crippen molar-refractivity contribution in [3.63, 3.8) is 0 Å². The number of nitrogens with one attached hydrogen (secondary N) is 1. The first-order valence-electron chi connectivity index (χ1n) is 8.50. The number of ether oxygens (including phenoxy) is 1. The molecule has 3 heterocycles. The molecule has 1 saturated heterocycles. The van der Waals surface area contributed by atoms with Crippen LogP contribution in [0.15, 0.2) is 12.3 Å². The van der Waals surface area contributed by atoms with E-state index < -0.39 is 0 Å². The molecule has 23 heavy (non-hydrogen) atoms. The van der Waals surface area contributed by atoms with Crippen LogP contribution in [0.4, 0.5) is 5.82 Å². The molecule has 2 aliphatic rings. The minimum absolute atomic E-state index is 0.0498. The van der Waals surface area contributed by atoms with Gasteiger partial charge in [-0.2, -0.15) is 0 Å². The van der Waals surface area contributed by atoms with Gasteiger partial charge in [-0.05, 0) is 32.8 Å². The summed E-state index contributed by atoms with van der Waals surface area (Å²) in [6.07, 6.45) is 4.59. The number of rotatable bonds is 3. The molecule has 1 spiro atoms. The number of aromatic nitrogens is 3. The number of aromatic amines is 1. The first-order chi connectivity index (χ1) is 11.1. The lowest BCUT2D eigenvalue weighted by atomic mass is 9.58. The van der Waals surface area contributed by atoms with Crippen LogP contribution >= 0.6 is 0 Å². The topological polar surface area (TPSA) is 74.3 Å². The molecule has 2 aromatic heterocycles. The zero-order chi connectivity index (χ0) is 16.0. The van der Waals surface area contributed by atoms with E-state index in [0.717, 1.165) is 61.6 Å². The molecule has 0 unspecified atom stereocenters. The maximum absolute atomic E-state index is 10.3. The number of anilines is 1. The number of piperidine rings is 1. The van der Waals surface area contributed by atoms with Crippen LogP contribution in [-0.2, 0) is 4.74 Å². The molecule has 2 N–H and O–H groups in total. The van der Waals surface area contributed by atoms with E-state index >= 15 is 0 Å². The summed E-state index contributed by atoms with van der Waals surface area (Å²) in [6, 6.07) is 2.04. The Labute approximate surface area is 135 Å². The molecule has 124 valence electrons. The Morgan fingerprint density at radius 3 is 2.87 bits per heavy atom. The number of hydrogen-bond acceptors (Lipinski definition) is 5. The summed E-state index contributed by atoms with van der Waals surface area (Å²) in [6.45, 7) is 6.47. The smallest absolute Gasteiger partial charge is 0.143 e. The Balaban J connectivity index is 1.56. The minimum atomic E-state index is -0.222. The predicted molar refractivity (Wildman–Crippen MR) is 88.5 cm³/mol. The largest absolute Gasteiger partial charge is 0.392 e. The molecule has 4 rings (SSSR count). The van der Waals surface area contributed by atoms with Crippen molar-refractivity contribution in [2.45, 2.75) is 45.3 Å². The van der Waals surface area contributed by atoms with Gasteiger partial charge in [0.25, 0.3) is 0 Å². The van der Waals surface area contributed by atoms with Crippen molar-refractivity contribution >= 4 is 16.9 Å². The van der Waals surface area contributed by atoms with Gasteiger partial charge in [0, 0.05) is 37.7 Å². The van der Waals surface area contributed by atoms with Crippen molar-refractivity contribution in [2.75, 3.05) is 24.6 Å². The van der Waals surface area contributed by atoms with Crippen molar-refractivity contribution in [1.82, 2.24) is 15.0 Å². The van der Waals surface area contributed by atoms with Gasteiger partial charge < -0.3 is 19.7 Å². The van der Waals surface area contributed by atoms with E-state index in [4.69, 9.17) is 4.74 Å². The number of nitrogens with zero attached hydrogens (tertiary/aromatic N) is 3. The van der Waals surface area contributed by atoms with Crippen LogP contribution in [0.2, 0.25) is 0 Å². The van der Waals surface area contributed by atoms with E-state index in [-0.39, 0.29) is 17.6 Å². The minimum Gasteiger partial charge on any atom is -0.392 e. The predicted octanol–water partition coefficient (Wildman–Crippen LogP) is 2.02. The monoisotopic (exact) mass is 316 g/mol. The van der Waals surface area contributed by atoms with Crippen LogP contribution in [0.1, 0.15) is 32.0 Å². The van der Waals surface area contributed by atoms with Gasteiger partial charge in [0.05, 0.1) is 17.6 Å². The van der Waals surface area contributed by atoms with Gasteiger partial charge >= 0.3 is 0 Å². The van der Waals surface area contributed by atoms with Crippen molar-refractivity contribution in [3.05, 3.63) is 18.1 Å². The van der Waals surface area contributed by atoms with E-state index in [1.807, 2.05) is 26.1 Å². The molecular weight excluding hydrogens is 292 g/mol. The van der Waals surface area contributed by atoms with Crippen LogP contribution in [0.25, 0.3) is 11.0 Å². The van der Waals surface area contributed by atoms with Crippen molar-refractivity contribution in [1.29, 1.82) is 0 Å². The summed E-state index contributed by atoms with van der Waals surface area (Å²) in [5, 5.41) is 11.4. The lowest BCUT2D eigenvalue weighted by Gasteiger charge is -2.56. The third-order valence-electron chi connectivity index (χ3n) is 5.61. The van der Waals surface area contributed by atoms with Crippen molar-refractivity contribution in [2.24, 2.45) is 5.41 Å². The van der Waals surface area contributed by atoms with E-state index in [9.17, 15) is 5.11 Å². The number of hydrogen-bond donors (Lipinski definition) is 2. The van der Waals surface area contributed by atoms with E-state index in [1.54, 1.807) is 0 Å². The molecule has 0 amide bonds. The van der Waals surface area contributed by atoms with E-state index in [1.165, 1.54) is 0 Å². The number of aryl methyl sites for hydroxylation is 1. The highest BCUT2D eigenvalue weighted by atomic mass is 16.5. The Morgan fingerprint density at radius 2 is 2.17 bits per heavy atom. The van der Waals surface area contributed by atoms with Crippen LogP contribution in [0.3, 0.4) is 0 Å². The van der Waals surface area contributed by atoms with Crippen LogP contribution in [0.5, 0.6) is 0 Å². The molecule has 1 aliphatic heterocycles. The van der Waals surface area contributed by atoms with Gasteiger partial charge in [0.1, 0.15) is 17.3 Å². The van der Waals surface area contributed by atoms with Crippen molar-refractivity contribution < 1.29 is 9.84 Å². The first kappa shape index (κ1) is 14.9. The lowest BCUT2D eigenvalue weighted by Crippen LogP contribution is -2.62. The van der Waals surface area contributed by atoms with Gasteiger partial charge in [-0.1, -0.05) is 0 Å². The normalized spacial score (nSPS) is 26.7. The molecule has 6 nitrogen and oxygen atoms in total. The maximum atomic E-state index is 10.3. The SMILES string of the molecule is CCO[C@H]1C[C@H](O)C12CCN(c1nc(C)nc3[nH]ccc13)CC2. The third kappa shape index (κ3) is 2.23. The van der Waals surface area contributed by atoms with Crippen molar-refractivity contribution in [3.8, 4) is 0 Å². The summed E-state index contributed by atoms with van der Waals surface area (Å²) in [5.74, 6) is 1.79. The van der Waals surface area contributed by atoms with Gasteiger partial charge in [-0.15, -0.1) is 0 Å². The molecule has 0 aromatic carbocycles. The molecule has 0 bridgehead atoms. The van der Waals surface area contributed by atoms with E-state index in [0.29, 0.717) is 0 Å². The van der Waals surface area contributed by atoms with E-state index in [2.05, 4.69) is 19.9 Å². The Hall–Kier alpha value is -1.66. The highest BCUT2D eigenvalue weighted by Gasteiger charge is 2.56. The summed E-state index contributed by atoms with van der Waals surface area (Å²) in [7, 11) is 0. The average Bonchev–Trinajstić information content (AvgIpc) is 3.02. The molecule has 1 saturated carbocycles. The Bertz CT molecular complexity index is 704. The zero-order valence-electron chi connectivity index (χ0n) is 13.7. The molecule has 2 fully saturated rings. The number of fused-ring (bicyclic) bond motifs is 1. The van der Waals surface area contributed by atoms with Gasteiger partial charge in [0.15, 0.2) is 0 Å². The highest BCUT2D eigenvalue weighted by molar-refractivity contribution is 5.87. The summed E-state index contributed by atoms with van der Waals surface area (Å²) in [5.41, 5.74) is 0.843. The first-order valence-corrected chi connectivity index (χ1v) is 8.50. The second kappa shape index (κ2) is 5.46. The summed E-state index contributed by atoms with van der Waals surface area (Å²) < 4.78 is 5.85. The summed E-state index contributed by atoms with van der Waals surface area (Å²) >= 11 is 0. The number of aliphatic hydroxyl groups is 1. The second-order valence-electron chi connectivity index (χ2n) is 6.75. The standard InChI is InChI=1S/C17H24N4O2/c1-3-23-14-10-13(22)17(14)5-8-21(9-6-17)16-12-4-7-18-15(12)19-11(2)20-16/h4,7,13-14,22H,3,5-6,8-10H2,1-2H3,(H,18,19,20)/t13-,14-/m0/s1. The maximum Gasteiger partial charge on any atom is 0.143 e. The van der Waals surface area contributed by atoms with Crippen LogP contribution in [0, 0.1) is 12.3 Å². The molecule has 2 atom stereocenters. The lowest BCUT2D eigenvalue weighted by molar-refractivity contribution is -0.199. The van der Waals surface area contributed by atoms with Crippen LogP contribution in [-0.4, -0.2) is 52.0 Å². The summed E-state index contributed by atoms with van der Waals surface area (Å²) in [4.78, 5) is 14.6. The van der Waals surface area contributed by atoms with Gasteiger partial charge in [0.2, 0.25) is 0 Å². The Kier molecular flexibility index (Phi) is 3.54. The number of aliphatic hydroxyl groups excluding tert-OH is 1. The molecule has 6 heteroatoms. The zero-order valence-corrected chi connectivity index (χ0v) is 13.7. The molecule has 0 radical (unpaired) electrons. The molecule has 1 aliphatic carbocycles. The third-order valence-corrected chi connectivity index (χ3v) is 5.61. The fourth-order valence-electron chi connectivity index (χ4n) is 4.23. The quantitative estimate of drug-likeness (QED) is 0.906. The average molecular weight is 316 g/mol. The fourth-order valence-corrected chi connectivity index (χ4v) is 4.23. The van der Waals surface area contributed by atoms with Gasteiger partial charge in [-0.3, -0.25) is 0 Å². The highest BCUT2D eigenvalue weighted by Crippen LogP contribution is 2.51. The van der Waals surface area contributed by atoms with Crippen LogP contribution < -0.4 is 4.90 Å². The van der Waals surface area contributed by atoms with Gasteiger partial charge in [-0.25, -0.2) is 9.97 Å². The fraction of sp³-hybridized carbons (Fsp3) is 0.647. The second-order valence-corrected chi connectivity index (χ2v) is 6.75. The molecular formula is C17H24N4O2. The Morgan fingerprint density at radius 1 is 1.39 bits per heavy atom. The molecule has 2 aromatic rings. The number of H-pyrrole nitrogens is 1.